The van der Waals surface area contributed by atoms with E-state index in [0.717, 1.165) is 12.3 Å². The molecule has 3 heteroatoms. The van der Waals surface area contributed by atoms with E-state index in [2.05, 4.69) is 12.6 Å². The van der Waals surface area contributed by atoms with Crippen molar-refractivity contribution in [2.45, 2.75) is 6.42 Å². The number of likely N-dealkylation sites (tertiary alicyclic amines) is 1. The Morgan fingerprint density at radius 2 is 2.56 bits per heavy atom. The first kappa shape index (κ1) is 6.93. The standard InChI is InChI=1S/C6H11NOS/c1-7-3-5(4-9)2-6(7)8/h5,9H,2-4H2,1H3. The summed E-state index contributed by atoms with van der Waals surface area (Å²) in [5.41, 5.74) is 0. The van der Waals surface area contributed by atoms with Crippen LogP contribution in [-0.2, 0) is 4.79 Å². The Labute approximate surface area is 60.6 Å². The van der Waals surface area contributed by atoms with E-state index in [1.54, 1.807) is 4.90 Å². The van der Waals surface area contributed by atoms with Crippen LogP contribution >= 0.6 is 12.6 Å². The molecule has 2 nitrogen and oxygen atoms in total. The minimum atomic E-state index is 0.258. The van der Waals surface area contributed by atoms with Crippen LogP contribution in [0.5, 0.6) is 0 Å². The zero-order chi connectivity index (χ0) is 6.85. The quantitative estimate of drug-likeness (QED) is 0.529. The van der Waals surface area contributed by atoms with Crippen LogP contribution in [0, 0.1) is 5.92 Å². The second-order valence-electron chi connectivity index (χ2n) is 2.53. The SMILES string of the molecule is CN1CC(CS)CC1=O. The van der Waals surface area contributed by atoms with Crippen molar-refractivity contribution < 1.29 is 4.79 Å². The molecule has 1 aliphatic heterocycles. The van der Waals surface area contributed by atoms with Crippen LogP contribution in [0.25, 0.3) is 0 Å². The van der Waals surface area contributed by atoms with Gasteiger partial charge >= 0.3 is 0 Å². The van der Waals surface area contributed by atoms with Crippen LogP contribution < -0.4 is 0 Å². The summed E-state index contributed by atoms with van der Waals surface area (Å²) in [6.45, 7) is 0.891. The highest BCUT2D eigenvalue weighted by Crippen LogP contribution is 2.16. The molecule has 52 valence electrons. The van der Waals surface area contributed by atoms with Gasteiger partial charge in [0.1, 0.15) is 0 Å². The molecule has 1 rings (SSSR count). The van der Waals surface area contributed by atoms with E-state index in [-0.39, 0.29) is 5.91 Å². The Morgan fingerprint density at radius 1 is 1.89 bits per heavy atom. The maximum Gasteiger partial charge on any atom is 0.222 e. The van der Waals surface area contributed by atoms with Crippen molar-refractivity contribution in [3.05, 3.63) is 0 Å². The van der Waals surface area contributed by atoms with Gasteiger partial charge < -0.3 is 4.90 Å². The van der Waals surface area contributed by atoms with Crippen molar-refractivity contribution >= 4 is 18.5 Å². The first-order chi connectivity index (χ1) is 4.24. The fraction of sp³-hybridized carbons (Fsp3) is 0.833. The van der Waals surface area contributed by atoms with E-state index in [1.165, 1.54) is 0 Å². The first-order valence-corrected chi connectivity index (χ1v) is 3.72. The van der Waals surface area contributed by atoms with E-state index in [0.29, 0.717) is 12.3 Å². The van der Waals surface area contributed by atoms with Crippen molar-refractivity contribution in [2.24, 2.45) is 5.92 Å². The molecule has 0 aliphatic carbocycles. The molecule has 0 saturated carbocycles. The lowest BCUT2D eigenvalue weighted by Gasteiger charge is -2.06. The Morgan fingerprint density at radius 3 is 2.78 bits per heavy atom. The van der Waals surface area contributed by atoms with Crippen molar-refractivity contribution in [1.29, 1.82) is 0 Å². The zero-order valence-electron chi connectivity index (χ0n) is 5.50. The molecule has 0 radical (unpaired) electrons. The van der Waals surface area contributed by atoms with Gasteiger partial charge in [0.25, 0.3) is 0 Å². The van der Waals surface area contributed by atoms with Gasteiger partial charge in [0.2, 0.25) is 5.91 Å². The van der Waals surface area contributed by atoms with Gasteiger partial charge in [-0.3, -0.25) is 4.79 Å². The van der Waals surface area contributed by atoms with Crippen molar-refractivity contribution in [3.8, 4) is 0 Å². The molecular weight excluding hydrogens is 134 g/mol. The summed E-state index contributed by atoms with van der Waals surface area (Å²) >= 11 is 4.12. The minimum absolute atomic E-state index is 0.258. The summed E-state index contributed by atoms with van der Waals surface area (Å²) in [7, 11) is 1.84. The predicted molar refractivity (Wildman–Crippen MR) is 39.6 cm³/mol. The van der Waals surface area contributed by atoms with Crippen LogP contribution in [0.1, 0.15) is 6.42 Å². The number of thiol groups is 1. The van der Waals surface area contributed by atoms with Gasteiger partial charge in [-0.1, -0.05) is 0 Å². The largest absolute Gasteiger partial charge is 0.345 e. The van der Waals surface area contributed by atoms with E-state index >= 15 is 0 Å². The maximum atomic E-state index is 10.8. The third-order valence-electron chi connectivity index (χ3n) is 1.68. The number of carbonyl (C=O) groups excluding carboxylic acids is 1. The molecule has 1 unspecified atom stereocenters. The Bertz CT molecular complexity index is 126. The molecule has 1 aliphatic rings. The van der Waals surface area contributed by atoms with Crippen LogP contribution in [0.15, 0.2) is 0 Å². The van der Waals surface area contributed by atoms with Crippen molar-refractivity contribution in [1.82, 2.24) is 4.90 Å². The Balaban J connectivity index is 2.44. The average Bonchev–Trinajstić information content (AvgIpc) is 2.13. The minimum Gasteiger partial charge on any atom is -0.345 e. The third-order valence-corrected chi connectivity index (χ3v) is 2.20. The van der Waals surface area contributed by atoms with E-state index in [4.69, 9.17) is 0 Å². The Kier molecular flexibility index (Phi) is 2.01. The lowest BCUT2D eigenvalue weighted by molar-refractivity contribution is -0.126. The number of rotatable bonds is 1. The monoisotopic (exact) mass is 145 g/mol. The lowest BCUT2D eigenvalue weighted by atomic mass is 10.1. The molecule has 0 aromatic carbocycles. The molecular formula is C6H11NOS. The maximum absolute atomic E-state index is 10.8. The molecule has 1 amide bonds. The highest BCUT2D eigenvalue weighted by molar-refractivity contribution is 7.80. The van der Waals surface area contributed by atoms with Gasteiger partial charge in [-0.05, 0) is 11.7 Å². The molecule has 0 aromatic rings. The summed E-state index contributed by atoms with van der Waals surface area (Å²) in [6.07, 6.45) is 0.694. The molecule has 0 aromatic heterocycles. The topological polar surface area (TPSA) is 20.3 Å². The number of amides is 1. The third kappa shape index (κ3) is 1.39. The Hall–Kier alpha value is -0.180. The summed E-state index contributed by atoms with van der Waals surface area (Å²) in [5.74, 6) is 1.58. The van der Waals surface area contributed by atoms with Gasteiger partial charge in [-0.25, -0.2) is 0 Å². The van der Waals surface area contributed by atoms with Gasteiger partial charge in [-0.2, -0.15) is 12.6 Å². The number of carbonyl (C=O) groups is 1. The molecule has 0 bridgehead atoms. The fourth-order valence-corrected chi connectivity index (χ4v) is 1.32. The van der Waals surface area contributed by atoms with E-state index in [1.807, 2.05) is 7.05 Å². The smallest absolute Gasteiger partial charge is 0.222 e. The summed E-state index contributed by atoms with van der Waals surface area (Å²) < 4.78 is 0. The molecule has 9 heavy (non-hydrogen) atoms. The number of hydrogen-bond acceptors (Lipinski definition) is 2. The second-order valence-corrected chi connectivity index (χ2v) is 2.89. The van der Waals surface area contributed by atoms with Gasteiger partial charge in [0.05, 0.1) is 0 Å². The highest BCUT2D eigenvalue weighted by Gasteiger charge is 2.24. The predicted octanol–water partition coefficient (Wildman–Crippen LogP) is 0.394. The summed E-state index contributed by atoms with van der Waals surface area (Å²) in [5, 5.41) is 0. The first-order valence-electron chi connectivity index (χ1n) is 3.09. The average molecular weight is 145 g/mol. The van der Waals surface area contributed by atoms with E-state index in [9.17, 15) is 4.79 Å². The van der Waals surface area contributed by atoms with Gasteiger partial charge in [0.15, 0.2) is 0 Å². The number of hydrogen-bond donors (Lipinski definition) is 1. The highest BCUT2D eigenvalue weighted by atomic mass is 32.1. The zero-order valence-corrected chi connectivity index (χ0v) is 6.40. The normalized spacial score (nSPS) is 27.6. The van der Waals surface area contributed by atoms with Gasteiger partial charge in [-0.15, -0.1) is 0 Å². The lowest BCUT2D eigenvalue weighted by Crippen LogP contribution is -2.19. The fourth-order valence-electron chi connectivity index (χ4n) is 1.08. The molecule has 1 heterocycles. The van der Waals surface area contributed by atoms with Crippen LogP contribution in [0.4, 0.5) is 0 Å². The number of nitrogens with zero attached hydrogens (tertiary/aromatic N) is 1. The molecule has 1 fully saturated rings. The van der Waals surface area contributed by atoms with Gasteiger partial charge in [0, 0.05) is 20.0 Å². The molecule has 1 atom stereocenters. The van der Waals surface area contributed by atoms with Crippen LogP contribution in [0.3, 0.4) is 0 Å². The van der Waals surface area contributed by atoms with Crippen molar-refractivity contribution in [3.63, 3.8) is 0 Å². The second kappa shape index (κ2) is 2.60. The van der Waals surface area contributed by atoms with E-state index < -0.39 is 0 Å². The summed E-state index contributed by atoms with van der Waals surface area (Å²) in [4.78, 5) is 12.6. The molecule has 0 N–H and O–H groups in total. The molecule has 0 spiro atoms. The van der Waals surface area contributed by atoms with Crippen molar-refractivity contribution in [2.75, 3.05) is 19.3 Å². The summed E-state index contributed by atoms with van der Waals surface area (Å²) in [6, 6.07) is 0. The van der Waals surface area contributed by atoms with Crippen LogP contribution in [0.2, 0.25) is 0 Å². The van der Waals surface area contributed by atoms with Crippen LogP contribution in [-0.4, -0.2) is 30.2 Å². The molecule has 1 saturated heterocycles.